The molecule has 0 aromatic heterocycles. The molecule has 3 aromatic carbocycles. The Kier molecular flexibility index (Phi) is 10.3. The highest BCUT2D eigenvalue weighted by Gasteiger charge is 2.34. The van der Waals surface area contributed by atoms with Gasteiger partial charge in [-0.15, -0.1) is 0 Å². The highest BCUT2D eigenvalue weighted by Crippen LogP contribution is 2.35. The summed E-state index contributed by atoms with van der Waals surface area (Å²) in [7, 11) is -2.81. The van der Waals surface area contributed by atoms with Crippen LogP contribution in [0.4, 0.5) is 5.69 Å². The van der Waals surface area contributed by atoms with Gasteiger partial charge in [-0.1, -0.05) is 83.7 Å². The maximum atomic E-state index is 13.9. The van der Waals surface area contributed by atoms with Crippen molar-refractivity contribution >= 4 is 73.9 Å². The first-order chi connectivity index (χ1) is 18.0. The molecule has 0 heterocycles. The molecule has 1 atom stereocenters. The second kappa shape index (κ2) is 13.0. The number of nitrogens with zero attached hydrogens (tertiary/aromatic N) is 2. The van der Waals surface area contributed by atoms with Crippen molar-refractivity contribution in [3.05, 3.63) is 92.4 Å². The zero-order valence-electron chi connectivity index (χ0n) is 20.5. The van der Waals surface area contributed by atoms with Gasteiger partial charge in [0.05, 0.1) is 20.6 Å². The first kappa shape index (κ1) is 30.1. The number of nitrogens with one attached hydrogen (secondary N) is 1. The van der Waals surface area contributed by atoms with Crippen LogP contribution in [0.3, 0.4) is 0 Å². The van der Waals surface area contributed by atoms with Gasteiger partial charge in [-0.3, -0.25) is 13.9 Å². The molecule has 12 heteroatoms. The van der Waals surface area contributed by atoms with E-state index in [-0.39, 0.29) is 33.6 Å². The van der Waals surface area contributed by atoms with Crippen LogP contribution in [0.25, 0.3) is 0 Å². The average Bonchev–Trinajstić information content (AvgIpc) is 2.90. The van der Waals surface area contributed by atoms with Gasteiger partial charge in [-0.05, 0) is 48.4 Å². The highest BCUT2D eigenvalue weighted by molar-refractivity contribution is 7.92. The van der Waals surface area contributed by atoms with Crippen LogP contribution in [0.5, 0.6) is 0 Å². The summed E-state index contributed by atoms with van der Waals surface area (Å²) < 4.78 is 28.4. The molecule has 0 fully saturated rings. The summed E-state index contributed by atoms with van der Waals surface area (Å²) in [4.78, 5) is 27.9. The molecule has 0 aliphatic carbocycles. The molecule has 38 heavy (non-hydrogen) atoms. The van der Waals surface area contributed by atoms with E-state index in [4.69, 9.17) is 46.4 Å². The molecule has 0 unspecified atom stereocenters. The smallest absolute Gasteiger partial charge is 0.264 e. The monoisotopic (exact) mass is 615 g/mol. The molecule has 3 aromatic rings. The van der Waals surface area contributed by atoms with Crippen LogP contribution in [0.15, 0.2) is 71.6 Å². The predicted octanol–water partition coefficient (Wildman–Crippen LogP) is 6.05. The SMILES string of the molecule is CC[C@@H](C(=O)NC)N(Cc1ccc(Cl)cc1Cl)C(=O)CN(c1cccc(Cl)c1Cl)S(=O)(=O)c1ccccc1. The van der Waals surface area contributed by atoms with E-state index in [1.165, 1.54) is 48.3 Å². The van der Waals surface area contributed by atoms with Crippen molar-refractivity contribution in [3.63, 3.8) is 0 Å². The molecule has 0 aliphatic heterocycles. The van der Waals surface area contributed by atoms with E-state index in [1.807, 2.05) is 0 Å². The summed E-state index contributed by atoms with van der Waals surface area (Å²) in [5.41, 5.74) is 0.555. The number of likely N-dealkylation sites (N-methyl/N-ethyl adjacent to an activating group) is 1. The first-order valence-corrected chi connectivity index (χ1v) is 14.4. The van der Waals surface area contributed by atoms with E-state index in [2.05, 4.69) is 5.32 Å². The lowest BCUT2D eigenvalue weighted by atomic mass is 10.1. The van der Waals surface area contributed by atoms with Crippen LogP contribution in [0, 0.1) is 0 Å². The summed E-state index contributed by atoms with van der Waals surface area (Å²) in [5.74, 6) is -1.06. The quantitative estimate of drug-likeness (QED) is 0.300. The van der Waals surface area contributed by atoms with Gasteiger partial charge in [0.2, 0.25) is 11.8 Å². The van der Waals surface area contributed by atoms with Gasteiger partial charge in [0.1, 0.15) is 12.6 Å². The molecule has 3 rings (SSSR count). The number of rotatable bonds is 10. The Bertz CT molecular complexity index is 1420. The van der Waals surface area contributed by atoms with E-state index in [1.54, 1.807) is 37.3 Å². The van der Waals surface area contributed by atoms with Crippen LogP contribution in [0.1, 0.15) is 18.9 Å². The number of hydrogen-bond donors (Lipinski definition) is 1. The standard InChI is InChI=1S/C26H25Cl4N3O4S/c1-3-22(26(35)31-2)32(15-17-12-13-18(27)14-21(17)29)24(34)16-33(23-11-7-10-20(28)25(23)30)38(36,37)19-8-5-4-6-9-19/h4-14,22H,3,15-16H2,1-2H3,(H,31,35)/t22-/m0/s1. The number of carbonyl (C=O) groups excluding carboxylic acids is 2. The zero-order valence-corrected chi connectivity index (χ0v) is 24.3. The van der Waals surface area contributed by atoms with Gasteiger partial charge in [-0.25, -0.2) is 8.42 Å². The largest absolute Gasteiger partial charge is 0.357 e. The Morgan fingerprint density at radius 1 is 0.921 bits per heavy atom. The molecule has 0 saturated carbocycles. The zero-order chi connectivity index (χ0) is 28.0. The van der Waals surface area contributed by atoms with Crippen molar-refractivity contribution in [2.75, 3.05) is 17.9 Å². The van der Waals surface area contributed by atoms with Crippen LogP contribution in [-0.4, -0.2) is 44.8 Å². The van der Waals surface area contributed by atoms with Crippen molar-refractivity contribution in [1.29, 1.82) is 0 Å². The van der Waals surface area contributed by atoms with Crippen molar-refractivity contribution in [1.82, 2.24) is 10.2 Å². The van der Waals surface area contributed by atoms with Crippen molar-refractivity contribution in [2.45, 2.75) is 30.8 Å². The van der Waals surface area contributed by atoms with Gasteiger partial charge < -0.3 is 10.2 Å². The Labute approximate surface area is 242 Å². The van der Waals surface area contributed by atoms with Gasteiger partial charge in [0.15, 0.2) is 0 Å². The van der Waals surface area contributed by atoms with Crippen LogP contribution >= 0.6 is 46.4 Å². The molecule has 2 amide bonds. The molecule has 7 nitrogen and oxygen atoms in total. The topological polar surface area (TPSA) is 86.8 Å². The Morgan fingerprint density at radius 2 is 1.61 bits per heavy atom. The normalized spacial score (nSPS) is 12.1. The van der Waals surface area contributed by atoms with E-state index >= 15 is 0 Å². The fourth-order valence-electron chi connectivity index (χ4n) is 3.84. The third kappa shape index (κ3) is 6.74. The second-order valence-electron chi connectivity index (χ2n) is 8.19. The number of sulfonamides is 1. The lowest BCUT2D eigenvalue weighted by molar-refractivity contribution is -0.140. The van der Waals surface area contributed by atoms with Crippen LogP contribution in [-0.2, 0) is 26.2 Å². The first-order valence-electron chi connectivity index (χ1n) is 11.5. The Hall–Kier alpha value is -2.49. The van der Waals surface area contributed by atoms with Crippen molar-refractivity contribution in [2.24, 2.45) is 0 Å². The minimum atomic E-state index is -4.27. The van der Waals surface area contributed by atoms with Crippen molar-refractivity contribution < 1.29 is 18.0 Å². The van der Waals surface area contributed by atoms with Crippen LogP contribution in [0.2, 0.25) is 20.1 Å². The fraction of sp³-hybridized carbons (Fsp3) is 0.231. The minimum absolute atomic E-state index is 0.0221. The van der Waals surface area contributed by atoms with Gasteiger partial charge in [0.25, 0.3) is 10.0 Å². The lowest BCUT2D eigenvalue weighted by Crippen LogP contribution is -2.51. The molecule has 0 aliphatic rings. The molecule has 202 valence electrons. The third-order valence-electron chi connectivity index (χ3n) is 5.80. The minimum Gasteiger partial charge on any atom is -0.357 e. The summed E-state index contributed by atoms with van der Waals surface area (Å²) in [5, 5.41) is 3.35. The fourth-order valence-corrected chi connectivity index (χ4v) is 6.20. The molecule has 1 N–H and O–H groups in total. The predicted molar refractivity (Wildman–Crippen MR) is 153 cm³/mol. The number of anilines is 1. The van der Waals surface area contributed by atoms with Gasteiger partial charge in [-0.2, -0.15) is 0 Å². The second-order valence-corrected chi connectivity index (χ2v) is 11.7. The number of hydrogen-bond acceptors (Lipinski definition) is 4. The molecular weight excluding hydrogens is 592 g/mol. The molecular formula is C26H25Cl4N3O4S. The Morgan fingerprint density at radius 3 is 2.21 bits per heavy atom. The molecule has 0 spiro atoms. The molecule has 0 saturated heterocycles. The highest BCUT2D eigenvalue weighted by atomic mass is 35.5. The summed E-state index contributed by atoms with van der Waals surface area (Å²) in [6, 6.07) is 16.0. The maximum absolute atomic E-state index is 13.9. The van der Waals surface area contributed by atoms with Gasteiger partial charge >= 0.3 is 0 Å². The summed E-state index contributed by atoms with van der Waals surface area (Å²) >= 11 is 25.0. The Balaban J connectivity index is 2.11. The number of amides is 2. The lowest BCUT2D eigenvalue weighted by Gasteiger charge is -2.33. The molecule has 0 radical (unpaired) electrons. The summed E-state index contributed by atoms with van der Waals surface area (Å²) in [6.45, 7) is 1.02. The maximum Gasteiger partial charge on any atom is 0.264 e. The van der Waals surface area contributed by atoms with E-state index < -0.39 is 34.4 Å². The van der Waals surface area contributed by atoms with E-state index in [9.17, 15) is 18.0 Å². The average molecular weight is 617 g/mol. The van der Waals surface area contributed by atoms with E-state index in [0.717, 1.165) is 4.31 Å². The van der Waals surface area contributed by atoms with Crippen LogP contribution < -0.4 is 9.62 Å². The number of halogens is 4. The summed E-state index contributed by atoms with van der Waals surface area (Å²) in [6.07, 6.45) is 0.264. The van der Waals surface area contributed by atoms with Crippen molar-refractivity contribution in [3.8, 4) is 0 Å². The van der Waals surface area contributed by atoms with Gasteiger partial charge in [0, 0.05) is 23.6 Å². The number of benzene rings is 3. The molecule has 0 bridgehead atoms. The van der Waals surface area contributed by atoms with E-state index in [0.29, 0.717) is 15.6 Å². The third-order valence-corrected chi connectivity index (χ3v) is 8.97. The number of carbonyl (C=O) groups is 2.